The van der Waals surface area contributed by atoms with Crippen LogP contribution in [0.3, 0.4) is 0 Å². The van der Waals surface area contributed by atoms with Gasteiger partial charge in [-0.3, -0.25) is 14.4 Å². The number of anilines is 1. The third-order valence-corrected chi connectivity index (χ3v) is 8.44. The van der Waals surface area contributed by atoms with Crippen LogP contribution >= 0.6 is 11.3 Å². The zero-order chi connectivity index (χ0) is 23.7. The lowest BCUT2D eigenvalue weighted by atomic mass is 9.67. The number of hydrogen-bond donors (Lipinski definition) is 1. The topological polar surface area (TPSA) is 98.8 Å². The highest BCUT2D eigenvalue weighted by molar-refractivity contribution is 7.17. The second kappa shape index (κ2) is 9.95. The molecule has 1 aromatic heterocycles. The molecule has 0 saturated heterocycles. The van der Waals surface area contributed by atoms with Gasteiger partial charge in [-0.05, 0) is 70.3 Å². The van der Waals surface area contributed by atoms with Gasteiger partial charge >= 0.3 is 11.9 Å². The molecule has 0 aromatic carbocycles. The number of carbonyl (C=O) groups is 4. The molecule has 1 N–H and O–H groups in total. The predicted octanol–water partition coefficient (Wildman–Crippen LogP) is 4.32. The molecule has 2 bridgehead atoms. The highest BCUT2D eigenvalue weighted by Gasteiger charge is 2.42. The van der Waals surface area contributed by atoms with Crippen molar-refractivity contribution in [3.63, 3.8) is 0 Å². The van der Waals surface area contributed by atoms with Gasteiger partial charge in [0.25, 0.3) is 5.91 Å². The third-order valence-electron chi connectivity index (χ3n) is 7.27. The summed E-state index contributed by atoms with van der Waals surface area (Å²) in [5, 5.41) is 3.29. The van der Waals surface area contributed by atoms with E-state index in [4.69, 9.17) is 9.47 Å². The second-order valence-electron chi connectivity index (χ2n) is 9.74. The molecule has 0 spiro atoms. The molecular weight excluding hydrogens is 442 g/mol. The van der Waals surface area contributed by atoms with Crippen LogP contribution in [0.25, 0.3) is 0 Å². The number of carbonyl (C=O) groups excluding carboxylic acids is 4. The van der Waals surface area contributed by atoms with E-state index in [0.717, 1.165) is 49.0 Å². The summed E-state index contributed by atoms with van der Waals surface area (Å²) in [7, 11) is 0. The molecule has 0 radical (unpaired) electrons. The Hall–Kier alpha value is -2.22. The minimum atomic E-state index is -0.997. The summed E-state index contributed by atoms with van der Waals surface area (Å²) >= 11 is 1.41. The molecule has 180 valence electrons. The lowest BCUT2D eigenvalue weighted by Crippen LogP contribution is -2.41. The summed E-state index contributed by atoms with van der Waals surface area (Å²) < 4.78 is 10.8. The van der Waals surface area contributed by atoms with Gasteiger partial charge in [0.15, 0.2) is 6.10 Å². The van der Waals surface area contributed by atoms with E-state index in [0.29, 0.717) is 35.1 Å². The Morgan fingerprint density at radius 2 is 1.85 bits per heavy atom. The number of rotatable bonds is 6. The van der Waals surface area contributed by atoms with Crippen molar-refractivity contribution >= 4 is 40.0 Å². The first-order valence-corrected chi connectivity index (χ1v) is 13.0. The summed E-state index contributed by atoms with van der Waals surface area (Å²) in [4.78, 5) is 51.7. The highest BCUT2D eigenvalue weighted by atomic mass is 32.1. The van der Waals surface area contributed by atoms with E-state index in [1.54, 1.807) is 13.8 Å². The summed E-state index contributed by atoms with van der Waals surface area (Å²) in [5.41, 5.74) is 1.41. The van der Waals surface area contributed by atoms with Gasteiger partial charge in [-0.1, -0.05) is 13.3 Å². The molecule has 1 heterocycles. The van der Waals surface area contributed by atoms with Crippen molar-refractivity contribution in [2.45, 2.75) is 78.2 Å². The van der Waals surface area contributed by atoms with Crippen LogP contribution in [0.4, 0.5) is 5.00 Å². The van der Waals surface area contributed by atoms with Gasteiger partial charge in [0.2, 0.25) is 0 Å². The SMILES string of the molecule is CCOC(=O)c1c(NC(=O)C(C)OC(=O)C2CC3CCCC(C2)C3=O)sc2c1CCC(C)C2. The third kappa shape index (κ3) is 5.00. The van der Waals surface area contributed by atoms with Crippen molar-refractivity contribution in [2.75, 3.05) is 11.9 Å². The van der Waals surface area contributed by atoms with E-state index in [-0.39, 0.29) is 24.4 Å². The van der Waals surface area contributed by atoms with Crippen molar-refractivity contribution in [3.05, 3.63) is 16.0 Å². The Bertz CT molecular complexity index is 937. The molecule has 4 unspecified atom stereocenters. The first-order chi connectivity index (χ1) is 15.8. The van der Waals surface area contributed by atoms with Crippen LogP contribution in [-0.2, 0) is 36.7 Å². The van der Waals surface area contributed by atoms with Gasteiger partial charge < -0.3 is 14.8 Å². The van der Waals surface area contributed by atoms with Crippen molar-refractivity contribution in [1.29, 1.82) is 0 Å². The van der Waals surface area contributed by atoms with Crippen LogP contribution in [-0.4, -0.2) is 36.3 Å². The number of nitrogens with one attached hydrogen (secondary N) is 1. The maximum absolute atomic E-state index is 12.9. The Balaban J connectivity index is 1.43. The van der Waals surface area contributed by atoms with Gasteiger partial charge in [-0.15, -0.1) is 11.3 Å². The first kappa shape index (κ1) is 23.9. The van der Waals surface area contributed by atoms with Gasteiger partial charge in [0.1, 0.15) is 10.8 Å². The second-order valence-corrected chi connectivity index (χ2v) is 10.8. The van der Waals surface area contributed by atoms with Crippen LogP contribution < -0.4 is 5.32 Å². The first-order valence-electron chi connectivity index (χ1n) is 12.1. The van der Waals surface area contributed by atoms with Crippen LogP contribution in [0.5, 0.6) is 0 Å². The van der Waals surface area contributed by atoms with Crippen LogP contribution in [0.2, 0.25) is 0 Å². The van der Waals surface area contributed by atoms with E-state index < -0.39 is 23.9 Å². The molecule has 1 amide bonds. The van der Waals surface area contributed by atoms with Gasteiger partial charge in [-0.25, -0.2) is 4.79 Å². The quantitative estimate of drug-likeness (QED) is 0.616. The Kier molecular flexibility index (Phi) is 7.22. The number of esters is 2. The minimum absolute atomic E-state index is 0.0499. The zero-order valence-electron chi connectivity index (χ0n) is 19.6. The molecule has 33 heavy (non-hydrogen) atoms. The smallest absolute Gasteiger partial charge is 0.341 e. The monoisotopic (exact) mass is 475 g/mol. The van der Waals surface area contributed by atoms with E-state index >= 15 is 0 Å². The summed E-state index contributed by atoms with van der Waals surface area (Å²) in [5.74, 6) is -0.922. The zero-order valence-corrected chi connectivity index (χ0v) is 20.4. The minimum Gasteiger partial charge on any atom is -0.462 e. The van der Waals surface area contributed by atoms with Crippen molar-refractivity contribution in [3.8, 4) is 0 Å². The number of amides is 1. The normalized spacial score (nSPS) is 27.3. The molecule has 4 atom stereocenters. The number of Topliss-reactive ketones (excluding diaryl/α,β-unsaturated/α-hetero) is 1. The van der Waals surface area contributed by atoms with Crippen molar-refractivity contribution in [2.24, 2.45) is 23.7 Å². The summed E-state index contributed by atoms with van der Waals surface area (Å²) in [6, 6.07) is 0. The van der Waals surface area contributed by atoms with E-state index in [1.165, 1.54) is 11.3 Å². The number of ketones is 1. The fraction of sp³-hybridized carbons (Fsp3) is 0.680. The van der Waals surface area contributed by atoms with Gasteiger partial charge in [-0.2, -0.15) is 0 Å². The molecule has 7 nitrogen and oxygen atoms in total. The van der Waals surface area contributed by atoms with Crippen LogP contribution in [0.15, 0.2) is 0 Å². The largest absolute Gasteiger partial charge is 0.462 e. The highest BCUT2D eigenvalue weighted by Crippen LogP contribution is 2.41. The Morgan fingerprint density at radius 1 is 1.15 bits per heavy atom. The van der Waals surface area contributed by atoms with Crippen LogP contribution in [0, 0.1) is 23.7 Å². The predicted molar refractivity (Wildman–Crippen MR) is 124 cm³/mol. The standard InChI is InChI=1S/C25H33NO6S/c1-4-31-25(30)20-18-9-8-13(2)10-19(18)33-23(20)26-22(28)14(3)32-24(29)17-11-15-6-5-7-16(12-17)21(15)27/h13-17H,4-12H2,1-3H3,(H,26,28). The Labute approximate surface area is 198 Å². The van der Waals surface area contributed by atoms with E-state index in [2.05, 4.69) is 12.2 Å². The van der Waals surface area contributed by atoms with E-state index in [9.17, 15) is 19.2 Å². The number of ether oxygens (including phenoxy) is 2. The lowest BCUT2D eigenvalue weighted by molar-refractivity contribution is -0.161. The summed E-state index contributed by atoms with van der Waals surface area (Å²) in [6.07, 6.45) is 5.40. The molecule has 1 aromatic rings. The average Bonchev–Trinajstić information content (AvgIpc) is 3.10. The summed E-state index contributed by atoms with van der Waals surface area (Å²) in [6.45, 7) is 5.74. The molecule has 3 aliphatic rings. The molecule has 2 saturated carbocycles. The lowest BCUT2D eigenvalue weighted by Gasteiger charge is -2.36. The molecule has 2 fully saturated rings. The fourth-order valence-corrected chi connectivity index (χ4v) is 6.87. The van der Waals surface area contributed by atoms with Gasteiger partial charge in [0, 0.05) is 16.7 Å². The maximum atomic E-state index is 12.9. The molecule has 3 aliphatic carbocycles. The molecule has 8 heteroatoms. The average molecular weight is 476 g/mol. The van der Waals surface area contributed by atoms with Crippen molar-refractivity contribution < 1.29 is 28.7 Å². The molecule has 4 rings (SSSR count). The Morgan fingerprint density at radius 3 is 2.52 bits per heavy atom. The fourth-order valence-electron chi connectivity index (χ4n) is 5.47. The molecule has 0 aliphatic heterocycles. The maximum Gasteiger partial charge on any atom is 0.341 e. The van der Waals surface area contributed by atoms with Crippen LogP contribution in [0.1, 0.15) is 80.1 Å². The molecular formula is C25H33NO6S. The van der Waals surface area contributed by atoms with Gasteiger partial charge in [0.05, 0.1) is 18.1 Å². The number of thiophene rings is 1. The van der Waals surface area contributed by atoms with Crippen molar-refractivity contribution in [1.82, 2.24) is 0 Å². The number of hydrogen-bond acceptors (Lipinski definition) is 7. The van der Waals surface area contributed by atoms with E-state index in [1.807, 2.05) is 0 Å². The number of fused-ring (bicyclic) bond motifs is 3.